The van der Waals surface area contributed by atoms with E-state index < -0.39 is 0 Å². The van der Waals surface area contributed by atoms with Gasteiger partial charge in [0, 0.05) is 19.6 Å². The maximum Gasteiger partial charge on any atom is 0.0935 e. The molecule has 1 N–H and O–H groups in total. The number of nitrogens with one attached hydrogen (secondary N) is 1. The molecule has 0 bridgehead atoms. The molecule has 0 amide bonds. The summed E-state index contributed by atoms with van der Waals surface area (Å²) in [6, 6.07) is 0. The number of hydrogen-bond donors (Lipinski definition) is 1. The zero-order chi connectivity index (χ0) is 11.2. The van der Waals surface area contributed by atoms with Crippen molar-refractivity contribution in [3.05, 3.63) is 0 Å². The van der Waals surface area contributed by atoms with E-state index in [0.29, 0.717) is 5.92 Å². The zero-order valence-electron chi connectivity index (χ0n) is 10.3. The average molecular weight is 228 g/mol. The van der Waals surface area contributed by atoms with E-state index in [1.165, 1.54) is 6.42 Å². The van der Waals surface area contributed by atoms with E-state index in [1.807, 2.05) is 0 Å². The molecule has 0 spiro atoms. The highest BCUT2D eigenvalue weighted by molar-refractivity contribution is 4.72. The van der Waals surface area contributed by atoms with Crippen molar-refractivity contribution >= 4 is 0 Å². The predicted molar refractivity (Wildman–Crippen MR) is 63.6 cm³/mol. The monoisotopic (exact) mass is 228 g/mol. The fraction of sp³-hybridized carbons (Fsp3) is 1.00. The van der Waals surface area contributed by atoms with Crippen molar-refractivity contribution < 1.29 is 9.47 Å². The quantitative estimate of drug-likeness (QED) is 0.735. The molecule has 2 unspecified atom stereocenters. The maximum absolute atomic E-state index is 5.76. The molecule has 0 aromatic carbocycles. The summed E-state index contributed by atoms with van der Waals surface area (Å²) < 4.78 is 11.5. The van der Waals surface area contributed by atoms with Crippen molar-refractivity contribution in [3.63, 3.8) is 0 Å². The summed E-state index contributed by atoms with van der Waals surface area (Å²) in [6.07, 6.45) is 1.54. The first-order valence-electron chi connectivity index (χ1n) is 6.51. The number of rotatable bonds is 5. The third-order valence-corrected chi connectivity index (χ3v) is 3.49. The van der Waals surface area contributed by atoms with Crippen molar-refractivity contribution in [2.24, 2.45) is 5.92 Å². The predicted octanol–water partition coefficient (Wildman–Crippen LogP) is 0.333. The molecular formula is C12H24N2O2. The molecule has 4 nitrogen and oxygen atoms in total. The molecule has 2 rings (SSSR count). The van der Waals surface area contributed by atoms with Crippen LogP contribution in [0.5, 0.6) is 0 Å². The third kappa shape index (κ3) is 3.70. The number of hydrogen-bond acceptors (Lipinski definition) is 4. The molecule has 2 fully saturated rings. The number of nitrogens with zero attached hydrogens (tertiary/aromatic N) is 1. The Hall–Kier alpha value is -0.160. The molecule has 0 radical (unpaired) electrons. The second kappa shape index (κ2) is 6.55. The minimum absolute atomic E-state index is 0.281. The van der Waals surface area contributed by atoms with E-state index in [2.05, 4.69) is 17.1 Å². The Morgan fingerprint density at radius 1 is 1.44 bits per heavy atom. The van der Waals surface area contributed by atoms with Gasteiger partial charge in [-0.15, -0.1) is 0 Å². The summed E-state index contributed by atoms with van der Waals surface area (Å²) in [5.74, 6) is 0.714. The lowest BCUT2D eigenvalue weighted by Gasteiger charge is -2.32. The Labute approximate surface area is 98.3 Å². The second-order valence-corrected chi connectivity index (χ2v) is 4.78. The molecule has 0 aromatic rings. The zero-order valence-corrected chi connectivity index (χ0v) is 10.3. The Morgan fingerprint density at radius 3 is 3.12 bits per heavy atom. The molecule has 2 heterocycles. The summed E-state index contributed by atoms with van der Waals surface area (Å²) in [6.45, 7) is 10.2. The molecule has 0 aromatic heterocycles. The Balaban J connectivity index is 1.58. The minimum atomic E-state index is 0.281. The van der Waals surface area contributed by atoms with E-state index in [-0.39, 0.29) is 6.10 Å². The van der Waals surface area contributed by atoms with Crippen LogP contribution in [0.3, 0.4) is 0 Å². The van der Waals surface area contributed by atoms with Crippen LogP contribution in [-0.2, 0) is 9.47 Å². The fourth-order valence-electron chi connectivity index (χ4n) is 2.39. The van der Waals surface area contributed by atoms with Crippen LogP contribution in [-0.4, -0.2) is 63.5 Å². The van der Waals surface area contributed by atoms with Gasteiger partial charge in [0.05, 0.1) is 25.9 Å². The Morgan fingerprint density at radius 2 is 2.38 bits per heavy atom. The fourth-order valence-corrected chi connectivity index (χ4v) is 2.39. The number of morpholine rings is 1. The smallest absolute Gasteiger partial charge is 0.0935 e. The maximum atomic E-state index is 5.76. The normalized spacial score (nSPS) is 32.1. The van der Waals surface area contributed by atoms with E-state index in [1.54, 1.807) is 0 Å². The van der Waals surface area contributed by atoms with Crippen molar-refractivity contribution in [2.45, 2.75) is 19.4 Å². The van der Waals surface area contributed by atoms with E-state index in [9.17, 15) is 0 Å². The van der Waals surface area contributed by atoms with Gasteiger partial charge in [0.1, 0.15) is 0 Å². The van der Waals surface area contributed by atoms with Gasteiger partial charge in [-0.25, -0.2) is 0 Å². The average Bonchev–Trinajstić information content (AvgIpc) is 2.82. The highest BCUT2D eigenvalue weighted by atomic mass is 16.5. The van der Waals surface area contributed by atoms with Crippen LogP contribution in [0.1, 0.15) is 13.3 Å². The van der Waals surface area contributed by atoms with Gasteiger partial charge in [-0.05, 0) is 25.4 Å². The van der Waals surface area contributed by atoms with Gasteiger partial charge in [-0.3, -0.25) is 4.90 Å². The van der Waals surface area contributed by atoms with Crippen molar-refractivity contribution in [3.8, 4) is 0 Å². The molecule has 0 saturated carbocycles. The standard InChI is InChI=1S/C12H24N2O2/c1-2-14-5-6-16-12(8-14)10-15-9-11-3-4-13-7-11/h11-13H,2-10H2,1H3. The minimum Gasteiger partial charge on any atom is -0.378 e. The second-order valence-electron chi connectivity index (χ2n) is 4.78. The van der Waals surface area contributed by atoms with Gasteiger partial charge < -0.3 is 14.8 Å². The lowest BCUT2D eigenvalue weighted by molar-refractivity contribution is -0.0714. The molecule has 2 atom stereocenters. The van der Waals surface area contributed by atoms with Gasteiger partial charge in [-0.1, -0.05) is 6.92 Å². The van der Waals surface area contributed by atoms with Crippen molar-refractivity contribution in [2.75, 3.05) is 52.5 Å². The lowest BCUT2D eigenvalue weighted by atomic mass is 10.1. The Kier molecular flexibility index (Phi) is 5.03. The van der Waals surface area contributed by atoms with Crippen molar-refractivity contribution in [1.29, 1.82) is 0 Å². The van der Waals surface area contributed by atoms with Crippen LogP contribution >= 0.6 is 0 Å². The van der Waals surface area contributed by atoms with Crippen LogP contribution in [0, 0.1) is 5.92 Å². The summed E-state index contributed by atoms with van der Waals surface area (Å²) in [5, 5.41) is 3.36. The van der Waals surface area contributed by atoms with Gasteiger partial charge in [0.2, 0.25) is 0 Å². The molecule has 94 valence electrons. The van der Waals surface area contributed by atoms with Crippen LogP contribution in [0.15, 0.2) is 0 Å². The number of likely N-dealkylation sites (N-methyl/N-ethyl adjacent to an activating group) is 1. The molecular weight excluding hydrogens is 204 g/mol. The van der Waals surface area contributed by atoms with Crippen LogP contribution in [0.4, 0.5) is 0 Å². The highest BCUT2D eigenvalue weighted by Crippen LogP contribution is 2.09. The Bertz CT molecular complexity index is 195. The van der Waals surface area contributed by atoms with Gasteiger partial charge in [-0.2, -0.15) is 0 Å². The molecule has 2 aliphatic heterocycles. The molecule has 0 aliphatic carbocycles. The first-order valence-corrected chi connectivity index (χ1v) is 6.51. The molecule has 2 aliphatic rings. The van der Waals surface area contributed by atoms with Gasteiger partial charge >= 0.3 is 0 Å². The number of ether oxygens (including phenoxy) is 2. The van der Waals surface area contributed by atoms with E-state index >= 15 is 0 Å². The molecule has 16 heavy (non-hydrogen) atoms. The van der Waals surface area contributed by atoms with Gasteiger partial charge in [0.25, 0.3) is 0 Å². The first-order chi connectivity index (χ1) is 7.88. The third-order valence-electron chi connectivity index (χ3n) is 3.49. The van der Waals surface area contributed by atoms with Gasteiger partial charge in [0.15, 0.2) is 0 Å². The summed E-state index contributed by atoms with van der Waals surface area (Å²) in [7, 11) is 0. The largest absolute Gasteiger partial charge is 0.378 e. The SMILES string of the molecule is CCN1CCOC(COCC2CCNC2)C1. The lowest BCUT2D eigenvalue weighted by Crippen LogP contribution is -2.44. The van der Waals surface area contributed by atoms with Crippen LogP contribution < -0.4 is 5.32 Å². The van der Waals surface area contributed by atoms with E-state index in [4.69, 9.17) is 9.47 Å². The van der Waals surface area contributed by atoms with Crippen LogP contribution in [0.2, 0.25) is 0 Å². The summed E-state index contributed by atoms with van der Waals surface area (Å²) in [4.78, 5) is 2.43. The van der Waals surface area contributed by atoms with Crippen molar-refractivity contribution in [1.82, 2.24) is 10.2 Å². The summed E-state index contributed by atoms with van der Waals surface area (Å²) in [5.41, 5.74) is 0. The topological polar surface area (TPSA) is 33.7 Å². The van der Waals surface area contributed by atoms with Crippen LogP contribution in [0.25, 0.3) is 0 Å². The molecule has 2 saturated heterocycles. The summed E-state index contributed by atoms with van der Waals surface area (Å²) >= 11 is 0. The molecule has 4 heteroatoms. The van der Waals surface area contributed by atoms with E-state index in [0.717, 1.165) is 52.5 Å². The first kappa shape index (κ1) is 12.3. The highest BCUT2D eigenvalue weighted by Gasteiger charge is 2.20.